The number of carbonyl (C=O) groups is 2. The number of thioether (sulfide) groups is 1. The molecule has 30 heavy (non-hydrogen) atoms. The second-order valence-corrected chi connectivity index (χ2v) is 6.87. The van der Waals surface area contributed by atoms with Crippen molar-refractivity contribution in [1.82, 2.24) is 5.32 Å². The summed E-state index contributed by atoms with van der Waals surface area (Å²) in [5.74, 6) is -1.79. The standard InChI is InChI=1S/C20H15F2N3O4S/c1-28-18(26)9-17-19(27)24-20(30-17)25-23-10-12-3-2-4-15(7-12)29-11-13-8-14(21)5-6-16(13)22/h2-10H,11H2,1H3,(H,24,25,27)/b17-9+,23-10?. The van der Waals surface area contributed by atoms with E-state index in [-0.39, 0.29) is 22.2 Å². The maximum atomic E-state index is 13.7. The van der Waals surface area contributed by atoms with E-state index < -0.39 is 23.5 Å². The van der Waals surface area contributed by atoms with Crippen LogP contribution in [0.4, 0.5) is 8.78 Å². The number of amides is 1. The van der Waals surface area contributed by atoms with E-state index in [9.17, 15) is 18.4 Å². The van der Waals surface area contributed by atoms with Gasteiger partial charge in [0.05, 0.1) is 18.2 Å². The van der Waals surface area contributed by atoms with Crippen molar-refractivity contribution in [3.05, 3.63) is 76.2 Å². The maximum Gasteiger partial charge on any atom is 0.331 e. The number of esters is 1. The van der Waals surface area contributed by atoms with Crippen LogP contribution in [0.3, 0.4) is 0 Å². The lowest BCUT2D eigenvalue weighted by Gasteiger charge is -2.07. The summed E-state index contributed by atoms with van der Waals surface area (Å²) in [6, 6.07) is 9.91. The van der Waals surface area contributed by atoms with Crippen molar-refractivity contribution in [2.45, 2.75) is 6.61 Å². The number of methoxy groups -OCH3 is 1. The summed E-state index contributed by atoms with van der Waals surface area (Å²) in [6.07, 6.45) is 2.49. The van der Waals surface area contributed by atoms with Crippen LogP contribution in [0.15, 0.2) is 63.6 Å². The van der Waals surface area contributed by atoms with E-state index in [0.717, 1.165) is 36.0 Å². The van der Waals surface area contributed by atoms with Gasteiger partial charge < -0.3 is 9.47 Å². The molecular weight excluding hydrogens is 416 g/mol. The fourth-order valence-electron chi connectivity index (χ4n) is 2.29. The summed E-state index contributed by atoms with van der Waals surface area (Å²) in [7, 11) is 1.21. The summed E-state index contributed by atoms with van der Waals surface area (Å²) in [6.45, 7) is -0.134. The molecule has 0 aromatic heterocycles. The smallest absolute Gasteiger partial charge is 0.331 e. The molecule has 0 bridgehead atoms. The second-order valence-electron chi connectivity index (χ2n) is 5.83. The molecular formula is C20H15F2N3O4S. The molecule has 1 aliphatic rings. The fraction of sp³-hybridized carbons (Fsp3) is 0.100. The monoisotopic (exact) mass is 431 g/mol. The van der Waals surface area contributed by atoms with Gasteiger partial charge in [0, 0.05) is 11.6 Å². The summed E-state index contributed by atoms with van der Waals surface area (Å²) in [4.78, 5) is 23.1. The Morgan fingerprint density at radius 3 is 2.87 bits per heavy atom. The molecule has 7 nitrogen and oxygen atoms in total. The molecule has 1 heterocycles. The average Bonchev–Trinajstić information content (AvgIpc) is 3.08. The van der Waals surface area contributed by atoms with Gasteiger partial charge in [-0.2, -0.15) is 5.10 Å². The lowest BCUT2D eigenvalue weighted by Crippen LogP contribution is -2.19. The third-order valence-electron chi connectivity index (χ3n) is 3.72. The van der Waals surface area contributed by atoms with Gasteiger partial charge in [0.15, 0.2) is 5.17 Å². The van der Waals surface area contributed by atoms with Crippen LogP contribution in [0.1, 0.15) is 11.1 Å². The van der Waals surface area contributed by atoms with Gasteiger partial charge in [-0.3, -0.25) is 10.1 Å². The zero-order valence-corrected chi connectivity index (χ0v) is 16.4. The molecule has 0 saturated carbocycles. The van der Waals surface area contributed by atoms with Crippen molar-refractivity contribution in [1.29, 1.82) is 0 Å². The van der Waals surface area contributed by atoms with Gasteiger partial charge in [-0.1, -0.05) is 12.1 Å². The Kier molecular flexibility index (Phi) is 6.91. The normalized spacial score (nSPS) is 16.3. The molecule has 1 amide bonds. The molecule has 3 rings (SSSR count). The molecule has 154 valence electrons. The highest BCUT2D eigenvalue weighted by Gasteiger charge is 2.24. The molecule has 2 aromatic rings. The van der Waals surface area contributed by atoms with Crippen LogP contribution in [-0.2, 0) is 20.9 Å². The molecule has 1 saturated heterocycles. The van der Waals surface area contributed by atoms with Crippen LogP contribution in [0.5, 0.6) is 5.75 Å². The molecule has 0 aliphatic carbocycles. The lowest BCUT2D eigenvalue weighted by molar-refractivity contribution is -0.135. The minimum Gasteiger partial charge on any atom is -0.489 e. The van der Waals surface area contributed by atoms with Crippen LogP contribution < -0.4 is 10.1 Å². The predicted octanol–water partition coefficient (Wildman–Crippen LogP) is 3.15. The number of hydrogen-bond donors (Lipinski definition) is 1. The van der Waals surface area contributed by atoms with Crippen molar-refractivity contribution in [2.24, 2.45) is 10.2 Å². The number of rotatable bonds is 6. The summed E-state index contributed by atoms with van der Waals surface area (Å²) < 4.78 is 36.9. The first-order valence-corrected chi connectivity index (χ1v) is 9.33. The molecule has 2 aromatic carbocycles. The van der Waals surface area contributed by atoms with Crippen molar-refractivity contribution in [2.75, 3.05) is 7.11 Å². The number of nitrogens with zero attached hydrogens (tertiary/aromatic N) is 2. The fourth-order valence-corrected chi connectivity index (χ4v) is 3.03. The molecule has 1 aliphatic heterocycles. The average molecular weight is 431 g/mol. The Labute approximate surface area is 174 Å². The van der Waals surface area contributed by atoms with Gasteiger partial charge in [0.25, 0.3) is 5.91 Å². The zero-order valence-electron chi connectivity index (χ0n) is 15.6. The first-order chi connectivity index (χ1) is 14.4. The summed E-state index contributed by atoms with van der Waals surface area (Å²) in [5.41, 5.74) is 0.737. The van der Waals surface area contributed by atoms with Crippen molar-refractivity contribution < 1.29 is 27.8 Å². The Balaban J connectivity index is 1.62. The number of nitrogens with one attached hydrogen (secondary N) is 1. The SMILES string of the molecule is COC(=O)/C=C1/S/C(=N\N=Cc2cccc(OCc3cc(F)ccc3F)c2)NC1=O. The van der Waals surface area contributed by atoms with Crippen LogP contribution in [0.2, 0.25) is 0 Å². The number of ether oxygens (including phenoxy) is 2. The third kappa shape index (κ3) is 5.74. The van der Waals surface area contributed by atoms with Crippen LogP contribution in [0.25, 0.3) is 0 Å². The van der Waals surface area contributed by atoms with E-state index in [2.05, 4.69) is 20.3 Å². The van der Waals surface area contributed by atoms with Crippen LogP contribution in [-0.4, -0.2) is 30.4 Å². The molecule has 1 N–H and O–H groups in total. The largest absolute Gasteiger partial charge is 0.489 e. The van der Waals surface area contributed by atoms with Crippen molar-refractivity contribution in [3.8, 4) is 5.75 Å². The molecule has 10 heteroatoms. The Morgan fingerprint density at radius 2 is 2.07 bits per heavy atom. The highest BCUT2D eigenvalue weighted by molar-refractivity contribution is 8.18. The van der Waals surface area contributed by atoms with Crippen LogP contribution in [0, 0.1) is 11.6 Å². The van der Waals surface area contributed by atoms with E-state index >= 15 is 0 Å². The Bertz CT molecular complexity index is 1070. The predicted molar refractivity (Wildman–Crippen MR) is 108 cm³/mol. The first-order valence-electron chi connectivity index (χ1n) is 8.51. The van der Waals surface area contributed by atoms with E-state index in [1.165, 1.54) is 13.3 Å². The van der Waals surface area contributed by atoms with Crippen molar-refractivity contribution in [3.63, 3.8) is 0 Å². The van der Waals surface area contributed by atoms with Gasteiger partial charge >= 0.3 is 5.97 Å². The molecule has 0 radical (unpaired) electrons. The highest BCUT2D eigenvalue weighted by atomic mass is 32.2. The Hall–Kier alpha value is -3.53. The number of carbonyl (C=O) groups excluding carboxylic acids is 2. The van der Waals surface area contributed by atoms with Gasteiger partial charge in [0.1, 0.15) is 24.0 Å². The topological polar surface area (TPSA) is 89.3 Å². The minimum absolute atomic E-state index is 0.102. The quantitative estimate of drug-likeness (QED) is 0.329. The molecule has 0 spiro atoms. The van der Waals surface area contributed by atoms with Crippen molar-refractivity contribution >= 4 is 35.0 Å². The van der Waals surface area contributed by atoms with Gasteiger partial charge in [-0.05, 0) is 47.7 Å². The van der Waals surface area contributed by atoms with E-state index in [1.54, 1.807) is 24.3 Å². The zero-order chi connectivity index (χ0) is 21.5. The van der Waals surface area contributed by atoms with Gasteiger partial charge in [0.2, 0.25) is 0 Å². The summed E-state index contributed by atoms with van der Waals surface area (Å²) >= 11 is 0.954. The van der Waals surface area contributed by atoms with E-state index in [4.69, 9.17) is 4.74 Å². The number of hydrogen-bond acceptors (Lipinski definition) is 7. The maximum absolute atomic E-state index is 13.7. The summed E-state index contributed by atoms with van der Waals surface area (Å²) in [5, 5.41) is 10.5. The first kappa shape index (κ1) is 21.2. The number of amidine groups is 1. The highest BCUT2D eigenvalue weighted by Crippen LogP contribution is 2.23. The third-order valence-corrected chi connectivity index (χ3v) is 4.62. The second kappa shape index (κ2) is 9.79. The molecule has 0 atom stereocenters. The number of benzene rings is 2. The van der Waals surface area contributed by atoms with E-state index in [0.29, 0.717) is 11.3 Å². The van der Waals surface area contributed by atoms with E-state index in [1.807, 2.05) is 0 Å². The number of halogens is 2. The van der Waals surface area contributed by atoms with Gasteiger partial charge in [-0.15, -0.1) is 5.10 Å². The lowest BCUT2D eigenvalue weighted by atomic mass is 10.2. The van der Waals surface area contributed by atoms with Crippen LogP contribution >= 0.6 is 11.8 Å². The molecule has 1 fully saturated rings. The van der Waals surface area contributed by atoms with Gasteiger partial charge in [-0.25, -0.2) is 13.6 Å². The minimum atomic E-state index is -0.646. The molecule has 0 unspecified atom stereocenters. The Morgan fingerprint density at radius 1 is 1.23 bits per heavy atom.